The smallest absolute Gasteiger partial charge is 0.249 e. The first kappa shape index (κ1) is 24.6. The number of aromatic nitrogens is 4. The topological polar surface area (TPSA) is 119 Å². The molecule has 0 saturated heterocycles. The van der Waals surface area contributed by atoms with Crippen LogP contribution in [0, 0.1) is 11.6 Å². The van der Waals surface area contributed by atoms with Gasteiger partial charge in [-0.2, -0.15) is 5.10 Å². The fraction of sp³-hybridized carbons (Fsp3) is 0.0714. The highest BCUT2D eigenvalue weighted by atomic mass is 19.1. The number of imidazole rings is 1. The highest BCUT2D eigenvalue weighted by molar-refractivity contribution is 6.03. The zero-order valence-electron chi connectivity index (χ0n) is 20.0. The van der Waals surface area contributed by atoms with Crippen molar-refractivity contribution in [1.29, 1.82) is 0 Å². The quantitative estimate of drug-likeness (QED) is 0.275. The predicted octanol–water partition coefficient (Wildman–Crippen LogP) is 4.88. The van der Waals surface area contributed by atoms with Gasteiger partial charge in [0.25, 0.3) is 0 Å². The van der Waals surface area contributed by atoms with Gasteiger partial charge in [0.15, 0.2) is 0 Å². The third-order valence-electron chi connectivity index (χ3n) is 5.97. The molecule has 38 heavy (non-hydrogen) atoms. The molecular formula is C28H22F2N6O2. The van der Waals surface area contributed by atoms with Crippen LogP contribution in [0.3, 0.4) is 0 Å². The molecule has 2 heterocycles. The number of carbonyl (C=O) groups excluding carboxylic acids is 2. The summed E-state index contributed by atoms with van der Waals surface area (Å²) >= 11 is 0. The number of anilines is 1. The molecule has 0 unspecified atom stereocenters. The van der Waals surface area contributed by atoms with Crippen molar-refractivity contribution >= 4 is 17.5 Å². The fourth-order valence-corrected chi connectivity index (χ4v) is 4.19. The number of nitrogens with one attached hydrogen (secondary N) is 2. The maximum absolute atomic E-state index is 13.9. The molecule has 0 spiro atoms. The number of primary amides is 1. The molecule has 3 aromatic carbocycles. The minimum absolute atomic E-state index is 0.00584. The van der Waals surface area contributed by atoms with E-state index < -0.39 is 23.4 Å². The van der Waals surface area contributed by atoms with Gasteiger partial charge in [0.2, 0.25) is 11.8 Å². The van der Waals surface area contributed by atoms with Crippen LogP contribution in [0.25, 0.3) is 28.2 Å². The molecule has 0 aliphatic heterocycles. The van der Waals surface area contributed by atoms with Crippen LogP contribution >= 0.6 is 0 Å². The number of rotatable bonds is 8. The number of amides is 2. The number of halogens is 2. The average molecular weight is 513 g/mol. The van der Waals surface area contributed by atoms with E-state index in [0.29, 0.717) is 28.7 Å². The molecular weight excluding hydrogens is 490 g/mol. The second kappa shape index (κ2) is 10.5. The van der Waals surface area contributed by atoms with Crippen LogP contribution in [-0.4, -0.2) is 31.6 Å². The van der Waals surface area contributed by atoms with Crippen molar-refractivity contribution in [2.24, 2.45) is 5.73 Å². The summed E-state index contributed by atoms with van der Waals surface area (Å²) in [5.74, 6) is -2.20. The van der Waals surface area contributed by atoms with E-state index in [-0.39, 0.29) is 24.1 Å². The maximum Gasteiger partial charge on any atom is 0.249 e. The van der Waals surface area contributed by atoms with E-state index in [1.807, 2.05) is 41.0 Å². The van der Waals surface area contributed by atoms with Crippen LogP contribution in [-0.2, 0) is 11.2 Å². The number of nitrogens with zero attached hydrogens (tertiary/aromatic N) is 3. The van der Waals surface area contributed by atoms with E-state index in [1.165, 1.54) is 6.07 Å². The third-order valence-corrected chi connectivity index (χ3v) is 5.97. The number of benzene rings is 3. The van der Waals surface area contributed by atoms with Crippen LogP contribution in [0.2, 0.25) is 0 Å². The summed E-state index contributed by atoms with van der Waals surface area (Å²) < 4.78 is 29.0. The van der Waals surface area contributed by atoms with Crippen molar-refractivity contribution in [2.75, 3.05) is 5.32 Å². The van der Waals surface area contributed by atoms with Gasteiger partial charge in [-0.15, -0.1) is 0 Å². The molecule has 2 aromatic heterocycles. The molecule has 5 rings (SSSR count). The molecule has 0 atom stereocenters. The van der Waals surface area contributed by atoms with E-state index >= 15 is 0 Å². The number of hydrogen-bond donors (Lipinski definition) is 3. The monoisotopic (exact) mass is 512 g/mol. The summed E-state index contributed by atoms with van der Waals surface area (Å²) in [6.45, 7) is 0. The minimum atomic E-state index is -0.858. The van der Waals surface area contributed by atoms with Gasteiger partial charge in [-0.3, -0.25) is 19.3 Å². The van der Waals surface area contributed by atoms with Crippen LogP contribution in [0.1, 0.15) is 22.5 Å². The van der Waals surface area contributed by atoms with Crippen LogP contribution < -0.4 is 11.1 Å². The van der Waals surface area contributed by atoms with Crippen molar-refractivity contribution in [1.82, 2.24) is 19.7 Å². The minimum Gasteiger partial charge on any atom is -0.366 e. The van der Waals surface area contributed by atoms with Crippen molar-refractivity contribution in [3.63, 3.8) is 0 Å². The zero-order valence-corrected chi connectivity index (χ0v) is 20.0. The summed E-state index contributed by atoms with van der Waals surface area (Å²) in [5, 5.41) is 9.27. The summed E-state index contributed by atoms with van der Waals surface area (Å²) in [6.07, 6.45) is 5.35. The summed E-state index contributed by atoms with van der Waals surface area (Å²) in [4.78, 5) is 29.8. The van der Waals surface area contributed by atoms with Crippen molar-refractivity contribution in [3.05, 3.63) is 108 Å². The SMILES string of the molecule is NC(=O)c1cccc(-c2cn[nH]c2)c1-c1nc(CCC(=O)Nc2ccc(F)cc2F)cn1-c1ccccc1. The highest BCUT2D eigenvalue weighted by Crippen LogP contribution is 2.35. The summed E-state index contributed by atoms with van der Waals surface area (Å²) in [7, 11) is 0. The molecule has 10 heteroatoms. The number of carbonyl (C=O) groups is 2. The Morgan fingerprint density at radius 3 is 2.55 bits per heavy atom. The Bertz CT molecular complexity index is 1610. The molecule has 0 radical (unpaired) electrons. The number of aromatic amines is 1. The number of hydrogen-bond acceptors (Lipinski definition) is 4. The largest absolute Gasteiger partial charge is 0.366 e. The Labute approximate surface area is 216 Å². The molecule has 4 N–H and O–H groups in total. The number of H-pyrrole nitrogens is 1. The van der Waals surface area contributed by atoms with Crippen molar-refractivity contribution < 1.29 is 18.4 Å². The number of nitrogens with two attached hydrogens (primary N) is 1. The van der Waals surface area contributed by atoms with Gasteiger partial charge in [0.1, 0.15) is 17.5 Å². The lowest BCUT2D eigenvalue weighted by Crippen LogP contribution is -2.14. The lowest BCUT2D eigenvalue weighted by Gasteiger charge is -2.14. The second-order valence-corrected chi connectivity index (χ2v) is 8.51. The normalized spacial score (nSPS) is 10.9. The molecule has 0 fully saturated rings. The van der Waals surface area contributed by atoms with E-state index in [0.717, 1.165) is 17.3 Å². The molecule has 0 saturated carbocycles. The first-order valence-corrected chi connectivity index (χ1v) is 11.7. The number of aryl methyl sites for hydroxylation is 1. The Morgan fingerprint density at radius 1 is 1.03 bits per heavy atom. The van der Waals surface area contributed by atoms with E-state index in [9.17, 15) is 18.4 Å². The average Bonchev–Trinajstić information content (AvgIpc) is 3.60. The second-order valence-electron chi connectivity index (χ2n) is 8.51. The van der Waals surface area contributed by atoms with E-state index in [1.54, 1.807) is 30.7 Å². The molecule has 8 nitrogen and oxygen atoms in total. The molecule has 0 aliphatic carbocycles. The Kier molecular flexibility index (Phi) is 6.77. The molecule has 2 amide bonds. The van der Waals surface area contributed by atoms with Gasteiger partial charge in [-0.1, -0.05) is 30.3 Å². The van der Waals surface area contributed by atoms with Gasteiger partial charge < -0.3 is 11.1 Å². The third kappa shape index (κ3) is 5.05. The van der Waals surface area contributed by atoms with Gasteiger partial charge in [-0.05, 0) is 42.3 Å². The number of para-hydroxylation sites is 1. The first-order chi connectivity index (χ1) is 18.4. The van der Waals surface area contributed by atoms with Crippen LogP contribution in [0.5, 0.6) is 0 Å². The maximum atomic E-state index is 13.9. The Morgan fingerprint density at radius 2 is 1.84 bits per heavy atom. The van der Waals surface area contributed by atoms with Crippen LogP contribution in [0.4, 0.5) is 14.5 Å². The lowest BCUT2D eigenvalue weighted by molar-refractivity contribution is -0.116. The van der Waals surface area contributed by atoms with Gasteiger partial charge in [0, 0.05) is 41.7 Å². The predicted molar refractivity (Wildman–Crippen MR) is 138 cm³/mol. The lowest BCUT2D eigenvalue weighted by atomic mass is 9.96. The first-order valence-electron chi connectivity index (χ1n) is 11.7. The molecule has 0 aliphatic rings. The zero-order chi connectivity index (χ0) is 26.6. The highest BCUT2D eigenvalue weighted by Gasteiger charge is 2.22. The van der Waals surface area contributed by atoms with Crippen molar-refractivity contribution in [3.8, 4) is 28.2 Å². The van der Waals surface area contributed by atoms with Gasteiger partial charge >= 0.3 is 0 Å². The molecule has 0 bridgehead atoms. The molecule has 5 aromatic rings. The Balaban J connectivity index is 1.53. The van der Waals surface area contributed by atoms with E-state index in [2.05, 4.69) is 15.5 Å². The molecule has 190 valence electrons. The van der Waals surface area contributed by atoms with Crippen molar-refractivity contribution in [2.45, 2.75) is 12.8 Å². The fourth-order valence-electron chi connectivity index (χ4n) is 4.19. The Hall–Kier alpha value is -5.12. The summed E-state index contributed by atoms with van der Waals surface area (Å²) in [5.41, 5.74) is 9.25. The standard InChI is InChI=1S/C28H22F2N6O2/c29-18-9-11-24(23(30)13-18)35-25(37)12-10-19-16-36(20-5-2-1-3-6-20)28(34-19)26-21(17-14-32-33-15-17)7-4-8-22(26)27(31)38/h1-9,11,13-16H,10,12H2,(H2,31,38)(H,32,33)(H,35,37). The van der Waals surface area contributed by atoms with Gasteiger partial charge in [-0.25, -0.2) is 13.8 Å². The van der Waals surface area contributed by atoms with Crippen LogP contribution in [0.15, 0.2) is 85.3 Å². The van der Waals surface area contributed by atoms with E-state index in [4.69, 9.17) is 10.7 Å². The van der Waals surface area contributed by atoms with Gasteiger partial charge in [0.05, 0.1) is 23.1 Å². The summed E-state index contributed by atoms with van der Waals surface area (Å²) in [6, 6.07) is 17.6.